The minimum atomic E-state index is -0.0650. The fraction of sp³-hybridized carbons (Fsp3) is 0.370. The van der Waals surface area contributed by atoms with Crippen molar-refractivity contribution in [1.29, 1.82) is 0 Å². The zero-order valence-corrected chi connectivity index (χ0v) is 22.1. The Bertz CT molecular complexity index is 1100. The smallest absolute Gasteiger partial charge is 0.268 e. The topological polar surface area (TPSA) is 68.2 Å². The Hall–Kier alpha value is -3.10. The van der Waals surface area contributed by atoms with Gasteiger partial charge >= 0.3 is 0 Å². The summed E-state index contributed by atoms with van der Waals surface area (Å²) in [5.41, 5.74) is 3.09. The molecule has 35 heavy (non-hydrogen) atoms. The zero-order valence-electron chi connectivity index (χ0n) is 21.2. The van der Waals surface area contributed by atoms with Crippen LogP contribution in [-0.2, 0) is 11.3 Å². The maximum absolute atomic E-state index is 13.5. The van der Waals surface area contributed by atoms with Gasteiger partial charge < -0.3 is 15.1 Å². The van der Waals surface area contributed by atoms with E-state index in [9.17, 15) is 9.59 Å². The average molecular weight is 494 g/mol. The van der Waals surface area contributed by atoms with Crippen molar-refractivity contribution in [3.8, 4) is 0 Å². The van der Waals surface area contributed by atoms with Crippen molar-refractivity contribution in [3.05, 3.63) is 70.8 Å². The van der Waals surface area contributed by atoms with E-state index < -0.39 is 0 Å². The van der Waals surface area contributed by atoms with E-state index in [1.807, 2.05) is 56.6 Å². The summed E-state index contributed by atoms with van der Waals surface area (Å²) in [6.45, 7) is 6.54. The molecule has 1 aliphatic heterocycles. The van der Waals surface area contributed by atoms with Gasteiger partial charge in [-0.2, -0.15) is 0 Å². The molecule has 7 nitrogen and oxygen atoms in total. The molecule has 2 aromatic rings. The number of benzene rings is 2. The first-order valence-corrected chi connectivity index (χ1v) is 12.7. The Kier molecular flexibility index (Phi) is 9.51. The Morgan fingerprint density at radius 2 is 1.86 bits per heavy atom. The van der Waals surface area contributed by atoms with Crippen molar-refractivity contribution in [2.45, 2.75) is 26.8 Å². The maximum atomic E-state index is 13.5. The Morgan fingerprint density at radius 1 is 1.11 bits per heavy atom. The molecule has 0 aliphatic carbocycles. The van der Waals surface area contributed by atoms with Crippen molar-refractivity contribution < 1.29 is 9.59 Å². The summed E-state index contributed by atoms with van der Waals surface area (Å²) in [5, 5.41) is 3.91. The number of aliphatic imine (C=N–C) groups is 1. The van der Waals surface area contributed by atoms with Gasteiger partial charge in [-0.15, -0.1) is 0 Å². The third kappa shape index (κ3) is 7.44. The highest BCUT2D eigenvalue weighted by Crippen LogP contribution is 2.36. The molecule has 0 atom stereocenters. The molecule has 186 valence electrons. The van der Waals surface area contributed by atoms with E-state index in [1.54, 1.807) is 24.0 Å². The van der Waals surface area contributed by atoms with Crippen LogP contribution in [0, 0.1) is 0 Å². The molecule has 0 unspecified atom stereocenters. The van der Waals surface area contributed by atoms with Crippen LogP contribution in [0.25, 0.3) is 0 Å². The highest BCUT2D eigenvalue weighted by atomic mass is 32.2. The molecule has 0 aromatic heterocycles. The van der Waals surface area contributed by atoms with E-state index in [4.69, 9.17) is 4.99 Å². The lowest BCUT2D eigenvalue weighted by Gasteiger charge is -2.17. The Balaban J connectivity index is 1.96. The third-order valence-corrected chi connectivity index (χ3v) is 6.51. The molecule has 3 rings (SSSR count). The lowest BCUT2D eigenvalue weighted by atomic mass is 10.1. The van der Waals surface area contributed by atoms with Crippen LogP contribution in [0.5, 0.6) is 0 Å². The van der Waals surface area contributed by atoms with Crippen molar-refractivity contribution in [2.24, 2.45) is 4.99 Å². The molecule has 0 saturated carbocycles. The van der Waals surface area contributed by atoms with Gasteiger partial charge in [0.1, 0.15) is 0 Å². The number of thioether (sulfide) groups is 1. The lowest BCUT2D eigenvalue weighted by molar-refractivity contribution is -0.122. The largest absolute Gasteiger partial charge is 0.384 e. The number of amidine groups is 1. The molecule has 1 amide bonds. The van der Waals surface area contributed by atoms with Crippen LogP contribution in [0.4, 0.5) is 11.4 Å². The molecule has 0 spiro atoms. The number of carbonyl (C=O) groups excluding carboxylic acids is 2. The van der Waals surface area contributed by atoms with E-state index in [0.29, 0.717) is 27.9 Å². The van der Waals surface area contributed by atoms with Gasteiger partial charge in [0, 0.05) is 31.9 Å². The predicted octanol–water partition coefficient (Wildman–Crippen LogP) is 4.81. The lowest BCUT2D eigenvalue weighted by Crippen LogP contribution is -2.29. The van der Waals surface area contributed by atoms with E-state index in [1.165, 1.54) is 11.8 Å². The van der Waals surface area contributed by atoms with Gasteiger partial charge in [0.2, 0.25) is 0 Å². The summed E-state index contributed by atoms with van der Waals surface area (Å²) in [6.07, 6.45) is 2.92. The minimum Gasteiger partial charge on any atom is -0.384 e. The number of nitrogens with zero attached hydrogens (tertiary/aromatic N) is 4. The van der Waals surface area contributed by atoms with E-state index >= 15 is 0 Å². The quantitative estimate of drug-likeness (QED) is 0.358. The first-order chi connectivity index (χ1) is 16.8. The number of Topliss-reactive ketones (excluding diaryl/α,β-unsaturated/α-hetero) is 1. The summed E-state index contributed by atoms with van der Waals surface area (Å²) in [6, 6.07) is 15.4. The molecule has 1 aliphatic rings. The minimum absolute atomic E-state index is 0.0225. The van der Waals surface area contributed by atoms with Crippen molar-refractivity contribution in [1.82, 2.24) is 14.7 Å². The van der Waals surface area contributed by atoms with Gasteiger partial charge in [-0.25, -0.2) is 4.99 Å². The van der Waals surface area contributed by atoms with E-state index in [0.717, 1.165) is 37.3 Å². The third-order valence-electron chi connectivity index (χ3n) is 5.51. The van der Waals surface area contributed by atoms with Crippen LogP contribution in [0.3, 0.4) is 0 Å². The number of carbonyl (C=O) groups is 2. The van der Waals surface area contributed by atoms with Crippen LogP contribution < -0.4 is 5.32 Å². The number of amides is 1. The van der Waals surface area contributed by atoms with Crippen LogP contribution in [0.1, 0.15) is 36.2 Å². The summed E-state index contributed by atoms with van der Waals surface area (Å²) in [7, 11) is 6.11. The SMILES string of the molecule is CCNc1ccc(C(C)=O)cc1/N=C1\S/C(=C\N(C)CCCN(C)C)C(=O)N1Cc1ccccc1. The van der Waals surface area contributed by atoms with Crippen LogP contribution in [0.15, 0.2) is 64.6 Å². The molecule has 1 fully saturated rings. The molecular formula is C27H35N5O2S. The number of hydrogen-bond donors (Lipinski definition) is 1. The van der Waals surface area contributed by atoms with Gasteiger partial charge in [-0.1, -0.05) is 30.3 Å². The molecular weight excluding hydrogens is 458 g/mol. The second kappa shape index (κ2) is 12.6. The van der Waals surface area contributed by atoms with Crippen LogP contribution in [-0.4, -0.2) is 72.3 Å². The van der Waals surface area contributed by atoms with E-state index in [-0.39, 0.29) is 11.7 Å². The van der Waals surface area contributed by atoms with Crippen molar-refractivity contribution >= 4 is 40.0 Å². The van der Waals surface area contributed by atoms with Gasteiger partial charge in [0.25, 0.3) is 5.91 Å². The summed E-state index contributed by atoms with van der Waals surface area (Å²) in [5.74, 6) is -0.0875. The molecule has 2 aromatic carbocycles. The van der Waals surface area contributed by atoms with Gasteiger partial charge in [0.05, 0.1) is 22.8 Å². The normalized spacial score (nSPS) is 15.9. The highest BCUT2D eigenvalue weighted by molar-refractivity contribution is 8.18. The summed E-state index contributed by atoms with van der Waals surface area (Å²) < 4.78 is 0. The molecule has 0 radical (unpaired) electrons. The Morgan fingerprint density at radius 3 is 2.51 bits per heavy atom. The van der Waals surface area contributed by atoms with Crippen LogP contribution in [0.2, 0.25) is 0 Å². The second-order valence-electron chi connectivity index (χ2n) is 8.82. The molecule has 1 N–H and O–H groups in total. The van der Waals surface area contributed by atoms with Gasteiger partial charge in [-0.3, -0.25) is 14.5 Å². The van der Waals surface area contributed by atoms with Crippen molar-refractivity contribution in [3.63, 3.8) is 0 Å². The summed E-state index contributed by atoms with van der Waals surface area (Å²) in [4.78, 5) is 36.9. The van der Waals surface area contributed by atoms with Crippen LogP contribution >= 0.6 is 11.8 Å². The fourth-order valence-electron chi connectivity index (χ4n) is 3.67. The highest BCUT2D eigenvalue weighted by Gasteiger charge is 2.34. The molecule has 1 heterocycles. The number of rotatable bonds is 11. The first kappa shape index (κ1) is 26.5. The molecule has 8 heteroatoms. The molecule has 1 saturated heterocycles. The maximum Gasteiger partial charge on any atom is 0.268 e. The predicted molar refractivity (Wildman–Crippen MR) is 146 cm³/mol. The van der Waals surface area contributed by atoms with Gasteiger partial charge in [-0.05, 0) is 76.4 Å². The van der Waals surface area contributed by atoms with Crippen molar-refractivity contribution in [2.75, 3.05) is 46.1 Å². The number of nitrogens with one attached hydrogen (secondary N) is 1. The van der Waals surface area contributed by atoms with Gasteiger partial charge in [0.15, 0.2) is 11.0 Å². The zero-order chi connectivity index (χ0) is 25.4. The molecule has 0 bridgehead atoms. The standard InChI is InChI=1S/C27H35N5O2S/c1-6-28-23-14-13-22(20(2)33)17-24(23)29-27-32(18-21-11-8-7-9-12-21)26(34)25(35-27)19-31(5)16-10-15-30(3)4/h7-9,11-14,17,19,28H,6,10,15-16,18H2,1-5H3/b25-19-,29-27-. The Labute approximate surface area is 212 Å². The fourth-order valence-corrected chi connectivity index (χ4v) is 4.70. The number of hydrogen-bond acceptors (Lipinski definition) is 7. The first-order valence-electron chi connectivity index (χ1n) is 11.9. The summed E-state index contributed by atoms with van der Waals surface area (Å²) >= 11 is 1.37. The second-order valence-corrected chi connectivity index (χ2v) is 9.83. The van der Waals surface area contributed by atoms with E-state index in [2.05, 4.69) is 29.2 Å². The number of ketones is 1. The average Bonchev–Trinajstić information content (AvgIpc) is 3.09. The number of anilines is 1. The monoisotopic (exact) mass is 493 g/mol.